The molecule has 0 saturated carbocycles. The van der Waals surface area contributed by atoms with Crippen LogP contribution >= 0.6 is 11.6 Å². The highest BCUT2D eigenvalue weighted by Gasteiger charge is 2.07. The Bertz CT molecular complexity index is 448. The number of rotatable bonds is 12. The Balaban J connectivity index is -0.000000319. The Morgan fingerprint density at radius 2 is 1.70 bits per heavy atom. The van der Waals surface area contributed by atoms with Crippen LogP contribution in [0.3, 0.4) is 0 Å². The first kappa shape index (κ1) is 35.8. The fraction of sp³-hybridized carbons (Fsp3) is 0.667. The van der Waals surface area contributed by atoms with E-state index in [1.807, 2.05) is 84.8 Å². The zero-order chi connectivity index (χ0) is 24.0. The third kappa shape index (κ3) is 28.6. The summed E-state index contributed by atoms with van der Waals surface area (Å²) in [4.78, 5) is 11.1. The molecule has 6 heteroatoms. The lowest BCUT2D eigenvalue weighted by Crippen LogP contribution is -2.21. The first-order valence-corrected chi connectivity index (χ1v) is 11.6. The van der Waals surface area contributed by atoms with Gasteiger partial charge in [0.25, 0.3) is 0 Å². The van der Waals surface area contributed by atoms with E-state index in [1.165, 1.54) is 12.8 Å². The van der Waals surface area contributed by atoms with Gasteiger partial charge in [-0.05, 0) is 46.7 Å². The van der Waals surface area contributed by atoms with Crippen LogP contribution in [-0.4, -0.2) is 50.3 Å². The van der Waals surface area contributed by atoms with Crippen LogP contribution in [0.1, 0.15) is 74.1 Å². The van der Waals surface area contributed by atoms with E-state index in [4.69, 9.17) is 11.6 Å². The Kier molecular flexibility index (Phi) is 41.7. The zero-order valence-corrected chi connectivity index (χ0v) is 21.8. The topological polar surface area (TPSA) is 53.9 Å². The van der Waals surface area contributed by atoms with Gasteiger partial charge in [0.05, 0.1) is 7.11 Å². The van der Waals surface area contributed by atoms with Crippen molar-refractivity contribution in [2.24, 2.45) is 5.10 Å². The molecule has 0 amide bonds. The van der Waals surface area contributed by atoms with E-state index >= 15 is 0 Å². The van der Waals surface area contributed by atoms with E-state index < -0.39 is 0 Å². The van der Waals surface area contributed by atoms with Crippen LogP contribution in [0.5, 0.6) is 0 Å². The van der Waals surface area contributed by atoms with Crippen LogP contribution in [0.4, 0.5) is 0 Å². The van der Waals surface area contributed by atoms with Crippen molar-refractivity contribution in [3.63, 3.8) is 0 Å². The molecular formula is C24H48ClN3O2. The van der Waals surface area contributed by atoms with Gasteiger partial charge in [-0.2, -0.15) is 5.10 Å². The molecule has 5 nitrogen and oxygen atoms in total. The van der Waals surface area contributed by atoms with Gasteiger partial charge in [-0.3, -0.25) is 9.80 Å². The SMILES string of the molecule is C/C=C/C=N/N(CCCCC(=O)OC)/C(=C/C)CCNC.C/C=C\CCl.CC.CC. The summed E-state index contributed by atoms with van der Waals surface area (Å²) in [6.07, 6.45) is 14.7. The van der Waals surface area contributed by atoms with E-state index in [-0.39, 0.29) is 5.97 Å². The number of hydrogen-bond acceptors (Lipinski definition) is 5. The number of allylic oxidation sites excluding steroid dienone is 5. The van der Waals surface area contributed by atoms with Crippen LogP contribution in [0.25, 0.3) is 0 Å². The molecule has 1 N–H and O–H groups in total. The third-order valence-electron chi connectivity index (χ3n) is 3.33. The predicted molar refractivity (Wildman–Crippen MR) is 136 cm³/mol. The molecule has 0 fully saturated rings. The molecule has 0 atom stereocenters. The number of hydrogen-bond donors (Lipinski definition) is 1. The second kappa shape index (κ2) is 34.9. The van der Waals surface area contributed by atoms with Crippen LogP contribution in [0, 0.1) is 0 Å². The highest BCUT2D eigenvalue weighted by Crippen LogP contribution is 2.11. The van der Waals surface area contributed by atoms with Gasteiger partial charge in [0, 0.05) is 43.7 Å². The number of unbranched alkanes of at least 4 members (excludes halogenated alkanes) is 1. The Morgan fingerprint density at radius 1 is 1.07 bits per heavy atom. The quantitative estimate of drug-likeness (QED) is 0.0922. The standard InChI is InChI=1S/C16H29N3O2.C4H7Cl.2C2H6/c1-5-7-12-18-19(15(6-2)11-13-17-3)14-9-8-10-16(20)21-4;1-2-3-4-5;2*1-2/h5-7,12,17H,8-11,13-14H2,1-4H3;2-3H,4H2,1H3;2*1-2H3/b7-5+,15-6+,18-12+;3-2-;;. The highest BCUT2D eigenvalue weighted by molar-refractivity contribution is 6.18. The van der Waals surface area contributed by atoms with Crippen LogP contribution in [0.15, 0.2) is 41.2 Å². The fourth-order valence-electron chi connectivity index (χ4n) is 1.88. The molecule has 178 valence electrons. The van der Waals surface area contributed by atoms with Crippen molar-refractivity contribution >= 4 is 23.8 Å². The van der Waals surface area contributed by atoms with E-state index in [2.05, 4.69) is 21.2 Å². The Morgan fingerprint density at radius 3 is 2.10 bits per heavy atom. The summed E-state index contributed by atoms with van der Waals surface area (Å²) in [7, 11) is 3.36. The van der Waals surface area contributed by atoms with Crippen molar-refractivity contribution in [3.8, 4) is 0 Å². The van der Waals surface area contributed by atoms with Crippen LogP contribution < -0.4 is 5.32 Å². The summed E-state index contributed by atoms with van der Waals surface area (Å²) >= 11 is 5.21. The molecule has 0 heterocycles. The first-order valence-electron chi connectivity index (χ1n) is 11.1. The van der Waals surface area contributed by atoms with Crippen molar-refractivity contribution in [2.45, 2.75) is 74.1 Å². The minimum Gasteiger partial charge on any atom is -0.469 e. The average molecular weight is 446 g/mol. The number of carbonyl (C=O) groups excluding carboxylic acids is 1. The number of nitrogens with zero attached hydrogens (tertiary/aromatic N) is 2. The third-order valence-corrected chi connectivity index (χ3v) is 3.51. The Hall–Kier alpha value is -1.59. The van der Waals surface area contributed by atoms with Gasteiger partial charge in [0.15, 0.2) is 0 Å². The minimum atomic E-state index is -0.152. The number of nitrogens with one attached hydrogen (secondary N) is 1. The number of alkyl halides is 1. The van der Waals surface area contributed by atoms with E-state index in [1.54, 1.807) is 6.21 Å². The number of hydrazone groups is 1. The predicted octanol–water partition coefficient (Wildman–Crippen LogP) is 6.56. The van der Waals surface area contributed by atoms with Gasteiger partial charge in [-0.25, -0.2) is 0 Å². The zero-order valence-electron chi connectivity index (χ0n) is 21.0. The molecule has 0 aliphatic heterocycles. The molecule has 0 bridgehead atoms. The summed E-state index contributed by atoms with van der Waals surface area (Å²) in [6, 6.07) is 0. The van der Waals surface area contributed by atoms with Crippen LogP contribution in [-0.2, 0) is 9.53 Å². The summed E-state index contributed by atoms with van der Waals surface area (Å²) in [5, 5.41) is 9.64. The second-order valence-electron chi connectivity index (χ2n) is 5.30. The molecule has 0 aliphatic carbocycles. The van der Waals surface area contributed by atoms with Gasteiger partial charge in [-0.1, -0.05) is 52.0 Å². The summed E-state index contributed by atoms with van der Waals surface area (Å²) in [5.41, 5.74) is 1.18. The molecule has 30 heavy (non-hydrogen) atoms. The van der Waals surface area contributed by atoms with Gasteiger partial charge in [0.1, 0.15) is 0 Å². The number of ether oxygens (including phenoxy) is 1. The number of methoxy groups -OCH3 is 1. The molecule has 0 rings (SSSR count). The second-order valence-corrected chi connectivity index (χ2v) is 5.61. The van der Waals surface area contributed by atoms with Crippen molar-refractivity contribution in [2.75, 3.05) is 33.1 Å². The maximum atomic E-state index is 11.1. The average Bonchev–Trinajstić information content (AvgIpc) is 2.80. The van der Waals surface area contributed by atoms with Crippen molar-refractivity contribution in [1.82, 2.24) is 10.3 Å². The largest absolute Gasteiger partial charge is 0.469 e. The molecule has 0 aliphatic rings. The molecule has 0 aromatic heterocycles. The number of esters is 1. The van der Waals surface area contributed by atoms with E-state index in [0.717, 1.165) is 32.4 Å². The first-order chi connectivity index (χ1) is 14.6. The lowest BCUT2D eigenvalue weighted by molar-refractivity contribution is -0.140. The minimum absolute atomic E-state index is 0.152. The molecule has 0 spiro atoms. The van der Waals surface area contributed by atoms with Crippen molar-refractivity contribution in [3.05, 3.63) is 36.1 Å². The lowest BCUT2D eigenvalue weighted by Gasteiger charge is -2.22. The maximum absolute atomic E-state index is 11.1. The summed E-state index contributed by atoms with van der Waals surface area (Å²) < 4.78 is 4.65. The van der Waals surface area contributed by atoms with Gasteiger partial charge in [0.2, 0.25) is 0 Å². The number of halogens is 1. The normalized spacial score (nSPS) is 10.7. The molecule has 0 radical (unpaired) electrons. The Labute approximate surface area is 192 Å². The monoisotopic (exact) mass is 445 g/mol. The maximum Gasteiger partial charge on any atom is 0.305 e. The molecule has 0 unspecified atom stereocenters. The van der Waals surface area contributed by atoms with Gasteiger partial charge in [-0.15, -0.1) is 11.6 Å². The fourth-order valence-corrected chi connectivity index (χ4v) is 2.06. The van der Waals surface area contributed by atoms with Gasteiger partial charge >= 0.3 is 5.97 Å². The highest BCUT2D eigenvalue weighted by atomic mass is 35.5. The molecule has 0 aromatic carbocycles. The molecule has 0 saturated heterocycles. The van der Waals surface area contributed by atoms with Crippen molar-refractivity contribution in [1.29, 1.82) is 0 Å². The van der Waals surface area contributed by atoms with E-state index in [9.17, 15) is 4.79 Å². The number of carbonyl (C=O) groups is 1. The molecule has 0 aromatic rings. The van der Waals surface area contributed by atoms with E-state index in [0.29, 0.717) is 12.3 Å². The van der Waals surface area contributed by atoms with Gasteiger partial charge < -0.3 is 10.1 Å². The molecular weight excluding hydrogens is 398 g/mol. The summed E-state index contributed by atoms with van der Waals surface area (Å²) in [6.45, 7) is 15.6. The summed E-state index contributed by atoms with van der Waals surface area (Å²) in [5.74, 6) is 0.483. The van der Waals surface area contributed by atoms with Crippen LogP contribution in [0.2, 0.25) is 0 Å². The lowest BCUT2D eigenvalue weighted by atomic mass is 10.2. The van der Waals surface area contributed by atoms with Crippen molar-refractivity contribution < 1.29 is 9.53 Å². The smallest absolute Gasteiger partial charge is 0.305 e.